The maximum atomic E-state index is 12.8. The second-order valence-corrected chi connectivity index (χ2v) is 22.4. The number of hydrogen-bond acceptors (Lipinski definition) is 8. The number of phosphoric ester groups is 1. The lowest BCUT2D eigenvalue weighted by molar-refractivity contribution is -0.870. The van der Waals surface area contributed by atoms with Crippen molar-refractivity contribution in [3.05, 3.63) is 122 Å². The topological polar surface area (TPSA) is 111 Å². The number of unbranched alkanes of at least 4 members (excludes halogenated alkanes) is 20. The molecule has 0 N–H and O–H groups in total. The van der Waals surface area contributed by atoms with Crippen LogP contribution in [0.25, 0.3) is 0 Å². The largest absolute Gasteiger partial charge is 0.756 e. The number of carbonyl (C=O) groups excluding carboxylic acids is 2. The van der Waals surface area contributed by atoms with Crippen LogP contribution in [-0.4, -0.2) is 70.0 Å². The number of phosphoric acid groups is 1. The van der Waals surface area contributed by atoms with E-state index in [1.54, 1.807) is 0 Å². The van der Waals surface area contributed by atoms with Gasteiger partial charge in [-0.2, -0.15) is 0 Å². The van der Waals surface area contributed by atoms with Crippen molar-refractivity contribution in [2.24, 2.45) is 0 Å². The van der Waals surface area contributed by atoms with Gasteiger partial charge in [-0.1, -0.05) is 232 Å². The van der Waals surface area contributed by atoms with Crippen LogP contribution in [0, 0.1) is 0 Å². The summed E-state index contributed by atoms with van der Waals surface area (Å²) in [5.41, 5.74) is 0. The van der Waals surface area contributed by atoms with Crippen molar-refractivity contribution >= 4 is 19.8 Å². The van der Waals surface area contributed by atoms with Crippen molar-refractivity contribution in [3.8, 4) is 0 Å². The summed E-state index contributed by atoms with van der Waals surface area (Å²) in [6.07, 6.45) is 79.5. The van der Waals surface area contributed by atoms with Crippen LogP contribution in [0.3, 0.4) is 0 Å². The highest BCUT2D eigenvalue weighted by Gasteiger charge is 2.22. The van der Waals surface area contributed by atoms with Gasteiger partial charge in [-0.15, -0.1) is 0 Å². The fourth-order valence-corrected chi connectivity index (χ4v) is 8.55. The zero-order valence-electron chi connectivity index (χ0n) is 49.2. The van der Waals surface area contributed by atoms with E-state index in [1.807, 2.05) is 21.1 Å². The molecule has 2 unspecified atom stereocenters. The smallest absolute Gasteiger partial charge is 0.306 e. The third kappa shape index (κ3) is 59.7. The summed E-state index contributed by atoms with van der Waals surface area (Å²) in [4.78, 5) is 37.9. The SMILES string of the molecule is CC/C=C\C/C=C\C/C=C\C/C=C\C/C=C\C/C=C\C/C=C\C/C=C\CCCCCCCCCCC(=O)OC(COC(=O)CCCCCCCCCCC/C=C\C/C=C\CCCCC)COP(=O)([O-])OCC[N+](C)(C)C. The Hall–Kier alpha value is -3.59. The number of esters is 2. The van der Waals surface area contributed by atoms with Gasteiger partial charge in [-0.3, -0.25) is 14.2 Å². The summed E-state index contributed by atoms with van der Waals surface area (Å²) >= 11 is 0. The van der Waals surface area contributed by atoms with Crippen LogP contribution in [0.5, 0.6) is 0 Å². The maximum absolute atomic E-state index is 12.8. The Balaban J connectivity index is 4.19. The minimum atomic E-state index is -4.65. The molecule has 0 aromatic heterocycles. The van der Waals surface area contributed by atoms with Gasteiger partial charge >= 0.3 is 11.9 Å². The monoisotopic (exact) mass is 1080 g/mol. The summed E-state index contributed by atoms with van der Waals surface area (Å²) in [6.45, 7) is 4.08. The Morgan fingerprint density at radius 2 is 0.750 bits per heavy atom. The van der Waals surface area contributed by atoms with E-state index in [1.165, 1.54) is 83.5 Å². The van der Waals surface area contributed by atoms with E-state index in [0.29, 0.717) is 17.4 Å². The first-order chi connectivity index (χ1) is 37.0. The average Bonchev–Trinajstić information content (AvgIpc) is 3.38. The molecule has 0 aliphatic heterocycles. The average molecular weight is 1080 g/mol. The van der Waals surface area contributed by atoms with Crippen LogP contribution in [0.4, 0.5) is 0 Å². The highest BCUT2D eigenvalue weighted by Crippen LogP contribution is 2.38. The molecule has 0 amide bonds. The van der Waals surface area contributed by atoms with Crippen LogP contribution in [-0.2, 0) is 32.7 Å². The number of ether oxygens (including phenoxy) is 2. The van der Waals surface area contributed by atoms with Gasteiger partial charge < -0.3 is 27.9 Å². The molecule has 76 heavy (non-hydrogen) atoms. The molecule has 0 aromatic carbocycles. The molecule has 10 heteroatoms. The molecule has 0 bridgehead atoms. The number of allylic oxidation sites excluding steroid dienone is 20. The molecule has 0 radical (unpaired) electrons. The van der Waals surface area contributed by atoms with Gasteiger partial charge in [0.1, 0.15) is 19.8 Å². The molecule has 434 valence electrons. The molecule has 0 rings (SSSR count). The zero-order chi connectivity index (χ0) is 55.6. The molecule has 0 aliphatic carbocycles. The number of nitrogens with zero attached hydrogens (tertiary/aromatic N) is 1. The summed E-state index contributed by atoms with van der Waals surface area (Å²) in [5, 5.41) is 0. The lowest BCUT2D eigenvalue weighted by atomic mass is 10.1. The van der Waals surface area contributed by atoms with Crippen molar-refractivity contribution < 1.29 is 42.1 Å². The Kier molecular flexibility index (Phi) is 53.5. The van der Waals surface area contributed by atoms with Crippen molar-refractivity contribution in [2.75, 3.05) is 47.5 Å². The van der Waals surface area contributed by atoms with Gasteiger partial charge in [0.15, 0.2) is 6.10 Å². The first kappa shape index (κ1) is 72.4. The van der Waals surface area contributed by atoms with Gasteiger partial charge in [0.2, 0.25) is 0 Å². The van der Waals surface area contributed by atoms with Crippen LogP contribution in [0.2, 0.25) is 0 Å². The molecule has 0 saturated heterocycles. The van der Waals surface area contributed by atoms with Crippen LogP contribution in [0.1, 0.15) is 232 Å². The first-order valence-corrected chi connectivity index (χ1v) is 31.7. The fraction of sp³-hybridized carbons (Fsp3) is 0.667. The van der Waals surface area contributed by atoms with Crippen LogP contribution >= 0.6 is 7.82 Å². The Morgan fingerprint density at radius 1 is 0.421 bits per heavy atom. The predicted octanol–water partition coefficient (Wildman–Crippen LogP) is 18.5. The van der Waals surface area contributed by atoms with Gasteiger partial charge in [0.25, 0.3) is 7.82 Å². The number of hydrogen-bond donors (Lipinski definition) is 0. The molecule has 9 nitrogen and oxygen atoms in total. The number of quaternary nitrogens is 1. The first-order valence-electron chi connectivity index (χ1n) is 30.2. The molecule has 0 heterocycles. The minimum Gasteiger partial charge on any atom is -0.756 e. The molecule has 2 atom stereocenters. The van der Waals surface area contributed by atoms with Crippen molar-refractivity contribution in [2.45, 2.75) is 238 Å². The summed E-state index contributed by atoms with van der Waals surface area (Å²) in [7, 11) is 1.14. The van der Waals surface area contributed by atoms with E-state index < -0.39 is 32.5 Å². The molecular formula is C66H112NO8P. The second-order valence-electron chi connectivity index (χ2n) is 21.0. The van der Waals surface area contributed by atoms with Crippen molar-refractivity contribution in [1.82, 2.24) is 0 Å². The maximum Gasteiger partial charge on any atom is 0.306 e. The molecule has 0 aliphatic rings. The standard InChI is InChI=1S/C66H112NO8P/c1-6-8-10-12-14-16-18-20-22-24-26-27-28-29-30-31-32-33-34-35-36-37-38-39-41-43-45-47-49-51-53-55-57-59-66(69)75-64(63-74-76(70,71)73-61-60-67(3,4)5)62-72-65(68)58-56-54-52-50-48-46-44-42-40-25-23-21-19-17-15-13-11-9-7-2/h8,10,14-17,20-23,26-27,29-30,32-33,35-36,38-39,64H,6-7,9,11-13,18-19,24-25,28,31,34,37,40-63H2,1-5H3/b10-8-,16-14-,17-15-,22-20-,23-21-,27-26-,30-29-,33-32-,36-35-,39-38-. The summed E-state index contributed by atoms with van der Waals surface area (Å²) < 4.78 is 34.2. The molecule has 0 fully saturated rings. The van der Waals surface area contributed by atoms with Crippen molar-refractivity contribution in [3.63, 3.8) is 0 Å². The van der Waals surface area contributed by atoms with Crippen molar-refractivity contribution in [1.29, 1.82) is 0 Å². The third-order valence-corrected chi connectivity index (χ3v) is 13.4. The second kappa shape index (κ2) is 56.1. The number of rotatable bonds is 54. The van der Waals surface area contributed by atoms with E-state index >= 15 is 0 Å². The Morgan fingerprint density at radius 3 is 1.12 bits per heavy atom. The van der Waals surface area contributed by atoms with E-state index in [0.717, 1.165) is 116 Å². The lowest BCUT2D eigenvalue weighted by Crippen LogP contribution is -2.37. The Bertz CT molecular complexity index is 1700. The van der Waals surface area contributed by atoms with Gasteiger partial charge in [0, 0.05) is 12.8 Å². The molecule has 0 spiro atoms. The lowest BCUT2D eigenvalue weighted by Gasteiger charge is -2.28. The predicted molar refractivity (Wildman–Crippen MR) is 323 cm³/mol. The van der Waals surface area contributed by atoms with Crippen LogP contribution < -0.4 is 4.89 Å². The van der Waals surface area contributed by atoms with Gasteiger partial charge in [-0.05, 0) is 109 Å². The van der Waals surface area contributed by atoms with E-state index in [4.69, 9.17) is 18.5 Å². The van der Waals surface area contributed by atoms with E-state index in [2.05, 4.69) is 135 Å². The molecule has 0 saturated carbocycles. The van der Waals surface area contributed by atoms with Gasteiger partial charge in [0.05, 0.1) is 27.7 Å². The van der Waals surface area contributed by atoms with E-state index in [-0.39, 0.29) is 26.1 Å². The minimum absolute atomic E-state index is 0.0393. The van der Waals surface area contributed by atoms with Crippen LogP contribution in [0.15, 0.2) is 122 Å². The van der Waals surface area contributed by atoms with Gasteiger partial charge in [-0.25, -0.2) is 0 Å². The highest BCUT2D eigenvalue weighted by molar-refractivity contribution is 7.45. The number of likely N-dealkylation sites (N-methyl/N-ethyl adjacent to an activating group) is 1. The normalized spacial score (nSPS) is 14.1. The number of carbonyl (C=O) groups is 2. The zero-order valence-corrected chi connectivity index (χ0v) is 50.0. The van der Waals surface area contributed by atoms with E-state index in [9.17, 15) is 19.0 Å². The fourth-order valence-electron chi connectivity index (χ4n) is 7.82. The third-order valence-electron chi connectivity index (χ3n) is 12.5. The Labute approximate surface area is 467 Å². The highest BCUT2D eigenvalue weighted by atomic mass is 31.2. The molecule has 0 aromatic rings. The summed E-state index contributed by atoms with van der Waals surface area (Å²) in [5.74, 6) is -0.853. The summed E-state index contributed by atoms with van der Waals surface area (Å²) in [6, 6.07) is 0. The quantitative estimate of drug-likeness (QED) is 0.0195. The molecular weight excluding hydrogens is 966 g/mol.